The highest BCUT2D eigenvalue weighted by Crippen LogP contribution is 2.27. The Morgan fingerprint density at radius 3 is 2.35 bits per heavy atom. The van der Waals surface area contributed by atoms with Crippen molar-refractivity contribution >= 4 is 5.91 Å². The van der Waals surface area contributed by atoms with Crippen LogP contribution in [-0.4, -0.2) is 48.2 Å². The second-order valence-electron chi connectivity index (χ2n) is 8.18. The maximum Gasteiger partial charge on any atom is 0.243 e. The molecule has 1 heterocycles. The molecule has 2 aliphatic rings. The maximum atomic E-state index is 12.2. The fourth-order valence-corrected chi connectivity index (χ4v) is 3.60. The smallest absolute Gasteiger partial charge is 0.243 e. The van der Waals surface area contributed by atoms with E-state index in [0.717, 1.165) is 31.8 Å². The molecule has 4 heteroatoms. The molecule has 0 bridgehead atoms. The molecule has 0 aromatic heterocycles. The fraction of sp³-hybridized carbons (Fsp3) is 0.842. The molecular weight excluding hydrogens is 288 g/mol. The van der Waals surface area contributed by atoms with Gasteiger partial charge >= 0.3 is 0 Å². The van der Waals surface area contributed by atoms with Crippen LogP contribution in [0, 0.1) is 5.92 Å². The first kappa shape index (κ1) is 18.5. The number of allylic oxidation sites excluding steroid dienone is 1. The lowest BCUT2D eigenvalue weighted by Gasteiger charge is -2.45. The molecule has 23 heavy (non-hydrogen) atoms. The summed E-state index contributed by atoms with van der Waals surface area (Å²) in [5, 5.41) is 3.11. The molecule has 1 saturated heterocycles. The second-order valence-corrected chi connectivity index (χ2v) is 8.18. The molecule has 0 aromatic carbocycles. The highest BCUT2D eigenvalue weighted by Gasteiger charge is 2.33. The summed E-state index contributed by atoms with van der Waals surface area (Å²) in [6, 6.07) is 0. The number of nitrogens with one attached hydrogen (secondary N) is 1. The van der Waals surface area contributed by atoms with Crippen molar-refractivity contribution in [1.82, 2.24) is 10.2 Å². The van der Waals surface area contributed by atoms with E-state index in [1.54, 1.807) is 0 Å². The Morgan fingerprint density at radius 2 is 1.78 bits per heavy atom. The van der Waals surface area contributed by atoms with Crippen molar-refractivity contribution < 1.29 is 9.53 Å². The van der Waals surface area contributed by atoms with E-state index in [1.165, 1.54) is 18.4 Å². The van der Waals surface area contributed by atoms with Gasteiger partial charge in [0.15, 0.2) is 0 Å². The van der Waals surface area contributed by atoms with Crippen molar-refractivity contribution in [2.45, 2.75) is 78.0 Å². The molecule has 1 amide bonds. The first-order valence-electron chi connectivity index (χ1n) is 9.14. The predicted molar refractivity (Wildman–Crippen MR) is 94.4 cm³/mol. The van der Waals surface area contributed by atoms with Crippen molar-refractivity contribution in [3.8, 4) is 0 Å². The lowest BCUT2D eigenvalue weighted by Crippen LogP contribution is -2.58. The van der Waals surface area contributed by atoms with Gasteiger partial charge in [-0.2, -0.15) is 0 Å². The van der Waals surface area contributed by atoms with Crippen molar-refractivity contribution in [2.24, 2.45) is 5.92 Å². The molecule has 4 nitrogen and oxygen atoms in total. The lowest BCUT2D eigenvalue weighted by molar-refractivity contribution is -0.118. The average Bonchev–Trinajstić information content (AvgIpc) is 2.47. The van der Waals surface area contributed by atoms with Crippen LogP contribution in [0.5, 0.6) is 0 Å². The van der Waals surface area contributed by atoms with Gasteiger partial charge in [-0.25, -0.2) is 0 Å². The number of hydrogen-bond donors (Lipinski definition) is 1. The van der Waals surface area contributed by atoms with E-state index in [9.17, 15) is 4.79 Å². The van der Waals surface area contributed by atoms with Gasteiger partial charge in [-0.15, -0.1) is 0 Å². The minimum atomic E-state index is -0.0540. The SMILES string of the molecule is CC1CCC(=CC(=O)NCC(C)(C)N2CC(C)OC(C)C2)CC1. The van der Waals surface area contributed by atoms with Crippen LogP contribution in [0.2, 0.25) is 0 Å². The maximum absolute atomic E-state index is 12.2. The van der Waals surface area contributed by atoms with Gasteiger partial charge in [-0.1, -0.05) is 12.5 Å². The van der Waals surface area contributed by atoms with Crippen LogP contribution >= 0.6 is 0 Å². The van der Waals surface area contributed by atoms with Crippen LogP contribution in [0.1, 0.15) is 60.3 Å². The first-order valence-corrected chi connectivity index (χ1v) is 9.14. The van der Waals surface area contributed by atoms with Gasteiger partial charge in [-0.05, 0) is 59.3 Å². The fourth-order valence-electron chi connectivity index (χ4n) is 3.60. The van der Waals surface area contributed by atoms with Crippen LogP contribution in [0.25, 0.3) is 0 Å². The van der Waals surface area contributed by atoms with Gasteiger partial charge in [0.05, 0.1) is 12.2 Å². The highest BCUT2D eigenvalue weighted by molar-refractivity contribution is 5.88. The van der Waals surface area contributed by atoms with Gasteiger partial charge in [-0.3, -0.25) is 9.69 Å². The number of carbonyl (C=O) groups is 1. The third-order valence-electron chi connectivity index (χ3n) is 5.22. The summed E-state index contributed by atoms with van der Waals surface area (Å²) in [5.74, 6) is 0.872. The molecule has 0 aromatic rings. The minimum absolute atomic E-state index is 0.0540. The molecule has 1 saturated carbocycles. The van der Waals surface area contributed by atoms with Gasteiger partial charge < -0.3 is 10.1 Å². The van der Waals surface area contributed by atoms with Crippen LogP contribution in [0.4, 0.5) is 0 Å². The van der Waals surface area contributed by atoms with E-state index in [4.69, 9.17) is 4.74 Å². The predicted octanol–water partition coefficient (Wildman–Crippen LogP) is 3.13. The van der Waals surface area contributed by atoms with Gasteiger partial charge in [0.1, 0.15) is 0 Å². The Morgan fingerprint density at radius 1 is 1.22 bits per heavy atom. The Bertz CT molecular complexity index is 425. The Balaban J connectivity index is 1.83. The van der Waals surface area contributed by atoms with E-state index >= 15 is 0 Å². The third-order valence-corrected chi connectivity index (χ3v) is 5.22. The van der Waals surface area contributed by atoms with E-state index < -0.39 is 0 Å². The van der Waals surface area contributed by atoms with E-state index in [0.29, 0.717) is 6.54 Å². The summed E-state index contributed by atoms with van der Waals surface area (Å²) in [4.78, 5) is 14.7. The third kappa shape index (κ3) is 5.61. The summed E-state index contributed by atoms with van der Waals surface area (Å²) in [6.45, 7) is 13.5. The number of carbonyl (C=O) groups excluding carboxylic acids is 1. The summed E-state index contributed by atoms with van der Waals surface area (Å²) in [5.41, 5.74) is 1.26. The summed E-state index contributed by atoms with van der Waals surface area (Å²) in [7, 11) is 0. The molecule has 1 aliphatic heterocycles. The molecule has 1 aliphatic carbocycles. The molecule has 0 spiro atoms. The topological polar surface area (TPSA) is 41.6 Å². The number of amides is 1. The molecule has 0 radical (unpaired) electrons. The molecular formula is C19H34N2O2. The van der Waals surface area contributed by atoms with Crippen LogP contribution in [0.15, 0.2) is 11.6 Å². The zero-order valence-corrected chi connectivity index (χ0v) is 15.5. The van der Waals surface area contributed by atoms with E-state index in [-0.39, 0.29) is 23.7 Å². The van der Waals surface area contributed by atoms with Crippen LogP contribution in [-0.2, 0) is 9.53 Å². The van der Waals surface area contributed by atoms with Crippen LogP contribution < -0.4 is 5.32 Å². The number of morpholine rings is 1. The number of hydrogen-bond acceptors (Lipinski definition) is 3. The lowest BCUT2D eigenvalue weighted by atomic mass is 9.87. The Hall–Kier alpha value is -0.870. The number of ether oxygens (including phenoxy) is 1. The Kier molecular flexibility index (Phi) is 6.26. The monoisotopic (exact) mass is 322 g/mol. The van der Waals surface area contributed by atoms with Crippen LogP contribution in [0.3, 0.4) is 0 Å². The summed E-state index contributed by atoms with van der Waals surface area (Å²) >= 11 is 0. The number of rotatable bonds is 4. The van der Waals surface area contributed by atoms with Gasteiger partial charge in [0.25, 0.3) is 0 Å². The average molecular weight is 322 g/mol. The molecule has 2 unspecified atom stereocenters. The number of nitrogens with zero attached hydrogens (tertiary/aromatic N) is 1. The van der Waals surface area contributed by atoms with Crippen molar-refractivity contribution in [3.05, 3.63) is 11.6 Å². The quantitative estimate of drug-likeness (QED) is 0.809. The van der Waals surface area contributed by atoms with Gasteiger partial charge in [0.2, 0.25) is 5.91 Å². The minimum Gasteiger partial charge on any atom is -0.373 e. The van der Waals surface area contributed by atoms with Crippen molar-refractivity contribution in [3.63, 3.8) is 0 Å². The summed E-state index contributed by atoms with van der Waals surface area (Å²) in [6.07, 6.45) is 6.93. The molecule has 2 fully saturated rings. The second kappa shape index (κ2) is 7.80. The zero-order chi connectivity index (χ0) is 17.0. The van der Waals surface area contributed by atoms with Crippen molar-refractivity contribution in [2.75, 3.05) is 19.6 Å². The van der Waals surface area contributed by atoms with Crippen molar-refractivity contribution in [1.29, 1.82) is 0 Å². The Labute approximate surface area is 141 Å². The molecule has 132 valence electrons. The van der Waals surface area contributed by atoms with Gasteiger partial charge in [0, 0.05) is 31.2 Å². The zero-order valence-electron chi connectivity index (χ0n) is 15.5. The first-order chi connectivity index (χ1) is 10.8. The molecule has 2 atom stereocenters. The summed E-state index contributed by atoms with van der Waals surface area (Å²) < 4.78 is 5.81. The van der Waals surface area contributed by atoms with E-state index in [2.05, 4.69) is 44.8 Å². The normalized spacial score (nSPS) is 30.1. The highest BCUT2D eigenvalue weighted by atomic mass is 16.5. The largest absolute Gasteiger partial charge is 0.373 e. The van der Waals surface area contributed by atoms with E-state index in [1.807, 2.05) is 6.08 Å². The standard InChI is InChI=1S/C19H34N2O2/c1-14-6-8-17(9-7-14)10-18(22)20-13-19(4,5)21-11-15(2)23-16(3)12-21/h10,14-16H,6-9,11-13H2,1-5H3,(H,20,22). The molecule has 2 rings (SSSR count). The molecule has 1 N–H and O–H groups in total.